The highest BCUT2D eigenvalue weighted by atomic mass is 16.4. The first kappa shape index (κ1) is 14.0. The van der Waals surface area contributed by atoms with Gasteiger partial charge in [0.1, 0.15) is 6.04 Å². The van der Waals surface area contributed by atoms with Gasteiger partial charge in [-0.2, -0.15) is 0 Å². The summed E-state index contributed by atoms with van der Waals surface area (Å²) in [6.45, 7) is 1.40. The van der Waals surface area contributed by atoms with Gasteiger partial charge < -0.3 is 10.1 Å². The lowest BCUT2D eigenvalue weighted by atomic mass is 10.1. The molecule has 0 unspecified atom stereocenters. The van der Waals surface area contributed by atoms with Crippen LogP contribution < -0.4 is 0 Å². The number of rotatable bonds is 4. The van der Waals surface area contributed by atoms with Gasteiger partial charge in [-0.1, -0.05) is 42.5 Å². The van der Waals surface area contributed by atoms with Crippen molar-refractivity contribution in [2.45, 2.75) is 25.6 Å². The number of carbonyl (C=O) groups is 1. The zero-order chi connectivity index (χ0) is 15.8. The van der Waals surface area contributed by atoms with Crippen LogP contribution in [0.3, 0.4) is 0 Å². The van der Waals surface area contributed by atoms with Gasteiger partial charge in [0.2, 0.25) is 0 Å². The van der Waals surface area contributed by atoms with E-state index in [0.717, 1.165) is 16.6 Å². The SMILES string of the molecule is O=C(O)[C@H](Cc1cc2ccccc2[nH]1)N1Cc2ccccc2C1. The van der Waals surface area contributed by atoms with Gasteiger partial charge in [0.25, 0.3) is 0 Å². The molecule has 0 fully saturated rings. The summed E-state index contributed by atoms with van der Waals surface area (Å²) in [6, 6.07) is 17.7. The van der Waals surface area contributed by atoms with Gasteiger partial charge >= 0.3 is 5.97 Å². The third-order valence-electron chi connectivity index (χ3n) is 4.59. The maximum atomic E-state index is 11.8. The Bertz CT molecular complexity index is 810. The average Bonchev–Trinajstić information content (AvgIpc) is 3.15. The van der Waals surface area contributed by atoms with Crippen LogP contribution in [0.25, 0.3) is 10.9 Å². The van der Waals surface area contributed by atoms with E-state index in [-0.39, 0.29) is 0 Å². The Morgan fingerprint density at radius 2 is 1.74 bits per heavy atom. The lowest BCUT2D eigenvalue weighted by molar-refractivity contribution is -0.143. The molecule has 0 bridgehead atoms. The van der Waals surface area contributed by atoms with E-state index in [4.69, 9.17) is 0 Å². The van der Waals surface area contributed by atoms with Crippen LogP contribution in [0.1, 0.15) is 16.8 Å². The molecule has 4 nitrogen and oxygen atoms in total. The molecule has 3 aromatic rings. The molecule has 0 aliphatic carbocycles. The van der Waals surface area contributed by atoms with Gasteiger partial charge in [-0.05, 0) is 28.6 Å². The van der Waals surface area contributed by atoms with Crippen molar-refractivity contribution in [3.63, 3.8) is 0 Å². The number of hydrogen-bond acceptors (Lipinski definition) is 2. The Morgan fingerprint density at radius 1 is 1.09 bits per heavy atom. The average molecular weight is 306 g/mol. The Labute approximate surface area is 134 Å². The number of aromatic nitrogens is 1. The summed E-state index contributed by atoms with van der Waals surface area (Å²) in [7, 11) is 0. The van der Waals surface area contributed by atoms with Crippen LogP contribution in [-0.2, 0) is 24.3 Å². The number of carboxylic acid groups (broad SMARTS) is 1. The zero-order valence-corrected chi connectivity index (χ0v) is 12.7. The minimum absolute atomic E-state index is 0.484. The van der Waals surface area contributed by atoms with Gasteiger partial charge in [0, 0.05) is 30.7 Å². The Morgan fingerprint density at radius 3 is 2.39 bits per heavy atom. The zero-order valence-electron chi connectivity index (χ0n) is 12.7. The predicted octanol–water partition coefficient (Wildman–Crippen LogP) is 3.18. The van der Waals surface area contributed by atoms with E-state index in [1.165, 1.54) is 11.1 Å². The van der Waals surface area contributed by atoms with E-state index in [1.54, 1.807) is 0 Å². The molecule has 4 rings (SSSR count). The third-order valence-corrected chi connectivity index (χ3v) is 4.59. The fourth-order valence-electron chi connectivity index (χ4n) is 3.40. The van der Waals surface area contributed by atoms with Crippen molar-refractivity contribution in [1.82, 2.24) is 9.88 Å². The van der Waals surface area contributed by atoms with Crippen LogP contribution in [0, 0.1) is 0 Å². The molecule has 116 valence electrons. The smallest absolute Gasteiger partial charge is 0.321 e. The molecule has 4 heteroatoms. The van der Waals surface area contributed by atoms with E-state index < -0.39 is 12.0 Å². The Balaban J connectivity index is 1.58. The summed E-state index contributed by atoms with van der Waals surface area (Å²) in [5.41, 5.74) is 4.48. The molecule has 2 aromatic carbocycles. The second kappa shape index (κ2) is 5.56. The van der Waals surface area contributed by atoms with E-state index >= 15 is 0 Å². The highest BCUT2D eigenvalue weighted by Gasteiger charge is 2.30. The second-order valence-corrected chi connectivity index (χ2v) is 6.11. The molecular weight excluding hydrogens is 288 g/mol. The summed E-state index contributed by atoms with van der Waals surface area (Å²) in [4.78, 5) is 17.2. The van der Waals surface area contributed by atoms with Crippen LogP contribution in [0.2, 0.25) is 0 Å². The highest BCUT2D eigenvalue weighted by molar-refractivity contribution is 5.81. The van der Waals surface area contributed by atoms with Gasteiger partial charge in [-0.25, -0.2) is 0 Å². The lowest BCUT2D eigenvalue weighted by Crippen LogP contribution is -2.39. The fourth-order valence-corrected chi connectivity index (χ4v) is 3.40. The molecule has 0 radical (unpaired) electrons. The van der Waals surface area contributed by atoms with E-state index in [2.05, 4.69) is 23.2 Å². The summed E-state index contributed by atoms with van der Waals surface area (Å²) in [6.07, 6.45) is 0.484. The van der Waals surface area contributed by atoms with Crippen molar-refractivity contribution < 1.29 is 9.90 Å². The van der Waals surface area contributed by atoms with Crippen LogP contribution in [-0.4, -0.2) is 27.0 Å². The Kier molecular flexibility index (Phi) is 3.39. The fraction of sp³-hybridized carbons (Fsp3) is 0.211. The van der Waals surface area contributed by atoms with Crippen LogP contribution in [0.5, 0.6) is 0 Å². The molecule has 0 saturated heterocycles. The molecule has 0 saturated carbocycles. The van der Waals surface area contributed by atoms with Crippen LogP contribution >= 0.6 is 0 Å². The number of hydrogen-bond donors (Lipinski definition) is 2. The molecule has 23 heavy (non-hydrogen) atoms. The third kappa shape index (κ3) is 2.62. The maximum absolute atomic E-state index is 11.8. The van der Waals surface area contributed by atoms with Crippen LogP contribution in [0.15, 0.2) is 54.6 Å². The van der Waals surface area contributed by atoms with Gasteiger partial charge in [-0.3, -0.25) is 9.69 Å². The standard InChI is InChI=1S/C19H18N2O2/c22-19(23)18(21-11-14-6-1-2-7-15(14)12-21)10-16-9-13-5-3-4-8-17(13)20-16/h1-9,18,20H,10-12H2,(H,22,23)/t18-/m0/s1. The van der Waals surface area contributed by atoms with Crippen molar-refractivity contribution in [2.24, 2.45) is 0 Å². The monoisotopic (exact) mass is 306 g/mol. The van der Waals surface area contributed by atoms with Gasteiger partial charge in [0.05, 0.1) is 0 Å². The molecule has 2 N–H and O–H groups in total. The summed E-state index contributed by atoms with van der Waals surface area (Å²) >= 11 is 0. The van der Waals surface area contributed by atoms with Crippen molar-refractivity contribution >= 4 is 16.9 Å². The van der Waals surface area contributed by atoms with Crippen molar-refractivity contribution in [1.29, 1.82) is 0 Å². The molecule has 0 amide bonds. The van der Waals surface area contributed by atoms with E-state index in [1.807, 2.05) is 41.3 Å². The second-order valence-electron chi connectivity index (χ2n) is 6.11. The summed E-state index contributed by atoms with van der Waals surface area (Å²) in [5.74, 6) is -0.767. The first-order valence-corrected chi connectivity index (χ1v) is 7.81. The van der Waals surface area contributed by atoms with Crippen molar-refractivity contribution in [3.05, 3.63) is 71.4 Å². The number of aliphatic carboxylic acids is 1. The number of nitrogens with one attached hydrogen (secondary N) is 1. The first-order chi connectivity index (χ1) is 11.2. The highest BCUT2D eigenvalue weighted by Crippen LogP contribution is 2.26. The number of nitrogens with zero attached hydrogens (tertiary/aromatic N) is 1. The summed E-state index contributed by atoms with van der Waals surface area (Å²) < 4.78 is 0. The minimum atomic E-state index is -0.767. The van der Waals surface area contributed by atoms with Gasteiger partial charge in [0.15, 0.2) is 0 Å². The molecule has 1 aliphatic heterocycles. The maximum Gasteiger partial charge on any atom is 0.321 e. The molecular formula is C19H18N2O2. The predicted molar refractivity (Wildman–Crippen MR) is 89.1 cm³/mol. The molecule has 1 atom stereocenters. The van der Waals surface area contributed by atoms with Crippen LogP contribution in [0.4, 0.5) is 0 Å². The van der Waals surface area contributed by atoms with E-state index in [9.17, 15) is 9.90 Å². The number of carboxylic acids is 1. The normalized spacial score (nSPS) is 15.7. The topological polar surface area (TPSA) is 56.3 Å². The van der Waals surface area contributed by atoms with Crippen molar-refractivity contribution in [3.8, 4) is 0 Å². The minimum Gasteiger partial charge on any atom is -0.480 e. The molecule has 0 spiro atoms. The Hall–Kier alpha value is -2.59. The number of benzene rings is 2. The van der Waals surface area contributed by atoms with Crippen molar-refractivity contribution in [2.75, 3.05) is 0 Å². The number of aromatic amines is 1. The molecule has 1 aromatic heterocycles. The first-order valence-electron chi connectivity index (χ1n) is 7.81. The molecule has 1 aliphatic rings. The number of fused-ring (bicyclic) bond motifs is 2. The van der Waals surface area contributed by atoms with Gasteiger partial charge in [-0.15, -0.1) is 0 Å². The number of para-hydroxylation sites is 1. The quantitative estimate of drug-likeness (QED) is 0.778. The van der Waals surface area contributed by atoms with E-state index in [0.29, 0.717) is 19.5 Å². The lowest BCUT2D eigenvalue weighted by Gasteiger charge is -2.23. The summed E-state index contributed by atoms with van der Waals surface area (Å²) in [5, 5.41) is 10.8. The largest absolute Gasteiger partial charge is 0.480 e. The number of H-pyrrole nitrogens is 1. The molecule has 2 heterocycles.